The molecule has 0 aliphatic rings. The van der Waals surface area contributed by atoms with Crippen molar-refractivity contribution in [3.8, 4) is 11.3 Å². The van der Waals surface area contributed by atoms with Crippen LogP contribution >= 0.6 is 0 Å². The molecule has 5 aromatic rings. The molecule has 170 valence electrons. The maximum Gasteiger partial charge on any atom is 0.261 e. The lowest BCUT2D eigenvalue weighted by molar-refractivity contribution is 0.601. The topological polar surface area (TPSA) is 88.4 Å². The molecule has 0 unspecified atom stereocenters. The Morgan fingerprint density at radius 1 is 0.765 bits per heavy atom. The van der Waals surface area contributed by atoms with Gasteiger partial charge in [0, 0.05) is 29.3 Å². The molecule has 0 saturated heterocycles. The highest BCUT2D eigenvalue weighted by Crippen LogP contribution is 2.26. The fourth-order valence-corrected chi connectivity index (χ4v) is 4.69. The fourth-order valence-electron chi connectivity index (χ4n) is 3.64. The Bertz CT molecular complexity index is 1560. The molecule has 0 radical (unpaired) electrons. The minimum absolute atomic E-state index is 0.222. The number of fused-ring (bicyclic) bond motifs is 1. The van der Waals surface area contributed by atoms with Crippen LogP contribution < -0.4 is 10.0 Å². The van der Waals surface area contributed by atoms with Gasteiger partial charge >= 0.3 is 0 Å². The predicted molar refractivity (Wildman–Crippen MR) is 135 cm³/mol. The first-order valence-electron chi connectivity index (χ1n) is 10.7. The van der Waals surface area contributed by atoms with Crippen molar-refractivity contribution in [2.45, 2.75) is 18.7 Å². The molecule has 8 heteroatoms. The molecule has 0 saturated carbocycles. The van der Waals surface area contributed by atoms with Crippen LogP contribution in [0.3, 0.4) is 0 Å². The molecule has 3 aromatic carbocycles. The summed E-state index contributed by atoms with van der Waals surface area (Å²) in [5.74, 6) is 0.605. The van der Waals surface area contributed by atoms with Crippen molar-refractivity contribution in [3.63, 3.8) is 0 Å². The van der Waals surface area contributed by atoms with Crippen molar-refractivity contribution in [1.82, 2.24) is 14.4 Å². The van der Waals surface area contributed by atoms with E-state index in [-0.39, 0.29) is 4.90 Å². The van der Waals surface area contributed by atoms with Crippen LogP contribution in [0.4, 0.5) is 17.2 Å². The van der Waals surface area contributed by atoms with Crippen LogP contribution in [0.25, 0.3) is 16.9 Å². The van der Waals surface area contributed by atoms with Crippen molar-refractivity contribution in [2.24, 2.45) is 0 Å². The molecule has 0 atom stereocenters. The summed E-state index contributed by atoms with van der Waals surface area (Å²) in [6.07, 6.45) is 5.43. The second kappa shape index (κ2) is 8.64. The number of benzene rings is 3. The van der Waals surface area contributed by atoms with Gasteiger partial charge in [0.2, 0.25) is 0 Å². The maximum atomic E-state index is 12.6. The summed E-state index contributed by atoms with van der Waals surface area (Å²) in [4.78, 5) is 9.23. The van der Waals surface area contributed by atoms with Gasteiger partial charge in [-0.1, -0.05) is 47.5 Å². The standard InChI is InChI=1S/C26H23N5O2S/c1-18-3-7-20(8-4-18)24-17-28-26-25(27-15-16-31(24)26)29-21-9-11-22(12-10-21)30-34(32,33)23-13-5-19(2)6-14-23/h3-17,30H,1-2H3,(H,27,29). The number of hydrogen-bond donors (Lipinski definition) is 2. The molecule has 0 aliphatic heterocycles. The zero-order valence-electron chi connectivity index (χ0n) is 18.7. The van der Waals surface area contributed by atoms with E-state index in [1.807, 2.05) is 23.7 Å². The average molecular weight is 470 g/mol. The Kier molecular flexibility index (Phi) is 5.51. The van der Waals surface area contributed by atoms with Gasteiger partial charge in [-0.2, -0.15) is 0 Å². The molecular formula is C26H23N5O2S. The molecule has 34 heavy (non-hydrogen) atoms. The number of rotatable bonds is 6. The first kappa shape index (κ1) is 21.7. The first-order chi connectivity index (χ1) is 16.4. The number of imidazole rings is 1. The van der Waals surface area contributed by atoms with Gasteiger partial charge in [0.25, 0.3) is 10.0 Å². The second-order valence-electron chi connectivity index (χ2n) is 8.10. The second-order valence-corrected chi connectivity index (χ2v) is 9.78. The average Bonchev–Trinajstić information content (AvgIpc) is 3.26. The summed E-state index contributed by atoms with van der Waals surface area (Å²) < 4.78 is 29.9. The van der Waals surface area contributed by atoms with Crippen LogP contribution in [0.15, 0.2) is 96.3 Å². The Labute approximate surface area is 198 Å². The quantitative estimate of drug-likeness (QED) is 0.340. The lowest BCUT2D eigenvalue weighted by Gasteiger charge is -2.11. The van der Waals surface area contributed by atoms with Crippen LogP contribution in [0, 0.1) is 13.8 Å². The van der Waals surface area contributed by atoms with Crippen molar-refractivity contribution in [2.75, 3.05) is 10.0 Å². The molecule has 0 bridgehead atoms. The lowest BCUT2D eigenvalue weighted by atomic mass is 10.1. The molecule has 2 heterocycles. The van der Waals surface area contributed by atoms with Gasteiger partial charge in [-0.25, -0.2) is 18.4 Å². The highest BCUT2D eigenvalue weighted by atomic mass is 32.2. The zero-order chi connectivity index (χ0) is 23.7. The highest BCUT2D eigenvalue weighted by Gasteiger charge is 2.14. The highest BCUT2D eigenvalue weighted by molar-refractivity contribution is 7.92. The van der Waals surface area contributed by atoms with E-state index in [0.717, 1.165) is 22.5 Å². The van der Waals surface area contributed by atoms with E-state index in [0.29, 0.717) is 17.2 Å². The number of aryl methyl sites for hydroxylation is 2. The number of aromatic nitrogens is 3. The van der Waals surface area contributed by atoms with Crippen molar-refractivity contribution in [3.05, 3.63) is 103 Å². The van der Waals surface area contributed by atoms with Gasteiger partial charge in [-0.05, 0) is 50.2 Å². The summed E-state index contributed by atoms with van der Waals surface area (Å²) in [6.45, 7) is 3.97. The number of nitrogens with zero attached hydrogens (tertiary/aromatic N) is 3. The largest absolute Gasteiger partial charge is 0.337 e. The van der Waals surface area contributed by atoms with Crippen molar-refractivity contribution < 1.29 is 8.42 Å². The molecule has 0 aliphatic carbocycles. The Balaban J connectivity index is 1.36. The van der Waals surface area contributed by atoms with Gasteiger partial charge in [0.05, 0.1) is 16.8 Å². The molecule has 2 aromatic heterocycles. The summed E-state index contributed by atoms with van der Waals surface area (Å²) in [7, 11) is -3.65. The first-order valence-corrected chi connectivity index (χ1v) is 12.2. The molecule has 2 N–H and O–H groups in total. The number of anilines is 3. The van der Waals surface area contributed by atoms with E-state index in [1.54, 1.807) is 54.7 Å². The molecular weight excluding hydrogens is 446 g/mol. The van der Waals surface area contributed by atoms with E-state index < -0.39 is 10.0 Å². The minimum atomic E-state index is -3.65. The van der Waals surface area contributed by atoms with Gasteiger partial charge in [0.1, 0.15) is 0 Å². The Morgan fingerprint density at radius 2 is 1.38 bits per heavy atom. The van der Waals surface area contributed by atoms with Crippen LogP contribution in [0.2, 0.25) is 0 Å². The summed E-state index contributed by atoms with van der Waals surface area (Å²) in [5, 5.41) is 3.28. The van der Waals surface area contributed by atoms with Gasteiger partial charge in [0.15, 0.2) is 11.5 Å². The van der Waals surface area contributed by atoms with Gasteiger partial charge < -0.3 is 5.32 Å². The number of nitrogens with one attached hydrogen (secondary N) is 2. The third kappa shape index (κ3) is 4.35. The molecule has 0 fully saturated rings. The minimum Gasteiger partial charge on any atom is -0.337 e. The summed E-state index contributed by atoms with van der Waals surface area (Å²) in [5.41, 5.74) is 6.18. The van der Waals surface area contributed by atoms with Gasteiger partial charge in [-0.15, -0.1) is 0 Å². The number of hydrogen-bond acceptors (Lipinski definition) is 5. The van der Waals surface area contributed by atoms with E-state index >= 15 is 0 Å². The van der Waals surface area contributed by atoms with E-state index in [4.69, 9.17) is 0 Å². The normalized spacial score (nSPS) is 11.5. The van der Waals surface area contributed by atoms with E-state index in [1.165, 1.54) is 5.56 Å². The maximum absolute atomic E-state index is 12.6. The van der Waals surface area contributed by atoms with Gasteiger partial charge in [-0.3, -0.25) is 9.12 Å². The van der Waals surface area contributed by atoms with Crippen molar-refractivity contribution in [1.29, 1.82) is 0 Å². The number of sulfonamides is 1. The zero-order valence-corrected chi connectivity index (χ0v) is 19.5. The van der Waals surface area contributed by atoms with Crippen LogP contribution in [-0.4, -0.2) is 22.8 Å². The van der Waals surface area contributed by atoms with E-state index in [9.17, 15) is 8.42 Å². The van der Waals surface area contributed by atoms with Crippen LogP contribution in [-0.2, 0) is 10.0 Å². The molecule has 7 nitrogen and oxygen atoms in total. The molecule has 0 spiro atoms. The SMILES string of the molecule is Cc1ccc(-c2cnc3c(Nc4ccc(NS(=O)(=O)c5ccc(C)cc5)cc4)nccn23)cc1. The molecule has 5 rings (SSSR count). The fraction of sp³-hybridized carbons (Fsp3) is 0.0769. The third-order valence-corrected chi connectivity index (χ3v) is 6.90. The predicted octanol–water partition coefficient (Wildman–Crippen LogP) is 5.56. The Hall–Kier alpha value is -4.17. The van der Waals surface area contributed by atoms with E-state index in [2.05, 4.69) is 51.2 Å². The lowest BCUT2D eigenvalue weighted by Crippen LogP contribution is -2.12. The summed E-state index contributed by atoms with van der Waals surface area (Å²) in [6, 6.07) is 22.0. The Morgan fingerprint density at radius 3 is 2.06 bits per heavy atom. The molecule has 0 amide bonds. The third-order valence-electron chi connectivity index (χ3n) is 5.51. The van der Waals surface area contributed by atoms with Crippen LogP contribution in [0.5, 0.6) is 0 Å². The monoisotopic (exact) mass is 469 g/mol. The summed E-state index contributed by atoms with van der Waals surface area (Å²) >= 11 is 0. The van der Waals surface area contributed by atoms with Crippen LogP contribution in [0.1, 0.15) is 11.1 Å². The smallest absolute Gasteiger partial charge is 0.261 e. The van der Waals surface area contributed by atoms with Crippen molar-refractivity contribution >= 4 is 32.9 Å².